The van der Waals surface area contributed by atoms with Crippen LogP contribution >= 0.6 is 0 Å². The van der Waals surface area contributed by atoms with E-state index in [-0.39, 0.29) is 0 Å². The van der Waals surface area contributed by atoms with Gasteiger partial charge in [0.2, 0.25) is 10.0 Å². The first-order valence-corrected chi connectivity index (χ1v) is 4.67. The molecule has 14 heavy (non-hydrogen) atoms. The third-order valence-electron chi connectivity index (χ3n) is 0.735. The van der Waals surface area contributed by atoms with Gasteiger partial charge in [0.1, 0.15) is 0 Å². The summed E-state index contributed by atoms with van der Waals surface area (Å²) in [5.74, 6) is -3.06. The summed E-state index contributed by atoms with van der Waals surface area (Å²) in [6, 6.07) is 0. The molecule has 84 valence electrons. The van der Waals surface area contributed by atoms with E-state index in [2.05, 4.69) is 4.84 Å². The number of alkyl halides is 3. The zero-order valence-electron chi connectivity index (χ0n) is 6.54. The number of hydrogen-bond acceptors (Lipinski definition) is 4. The van der Waals surface area contributed by atoms with E-state index in [9.17, 15) is 26.4 Å². The van der Waals surface area contributed by atoms with Gasteiger partial charge in [-0.05, 0) is 0 Å². The maximum atomic E-state index is 11.4. The van der Waals surface area contributed by atoms with E-state index >= 15 is 0 Å². The fourth-order valence-electron chi connectivity index (χ4n) is 0.393. The molecule has 0 aromatic heterocycles. The highest BCUT2D eigenvalue weighted by molar-refractivity contribution is 7.90. The van der Waals surface area contributed by atoms with Crippen molar-refractivity contribution in [3.8, 4) is 0 Å². The van der Waals surface area contributed by atoms with Gasteiger partial charge < -0.3 is 5.11 Å². The summed E-state index contributed by atoms with van der Waals surface area (Å²) in [6.07, 6.45) is -4.69. The number of hydrogen-bond donors (Lipinski definition) is 2. The Kier molecular flexibility index (Phi) is 4.29. The molecule has 0 saturated carbocycles. The Bertz CT molecular complexity index is 297. The SMILES string of the molecule is O=C(O)CS(=O)(=O)NOCC(F)(F)F. The molecule has 0 radical (unpaired) electrons. The van der Waals surface area contributed by atoms with Crippen LogP contribution in [0.4, 0.5) is 13.2 Å². The van der Waals surface area contributed by atoms with Crippen molar-refractivity contribution >= 4 is 16.0 Å². The van der Waals surface area contributed by atoms with E-state index in [0.717, 1.165) is 4.89 Å². The summed E-state index contributed by atoms with van der Waals surface area (Å²) in [6.45, 7) is -1.83. The normalized spacial score (nSPS) is 12.8. The summed E-state index contributed by atoms with van der Waals surface area (Å²) in [4.78, 5) is 14.4. The predicted molar refractivity (Wildman–Crippen MR) is 36.6 cm³/mol. The molecule has 2 N–H and O–H groups in total. The van der Waals surface area contributed by atoms with Gasteiger partial charge in [0.15, 0.2) is 12.4 Å². The largest absolute Gasteiger partial charge is 0.480 e. The molecule has 0 aliphatic heterocycles. The number of halogens is 3. The fraction of sp³-hybridized carbons (Fsp3) is 0.750. The van der Waals surface area contributed by atoms with Crippen LogP contribution in [0, 0.1) is 0 Å². The van der Waals surface area contributed by atoms with Gasteiger partial charge in [-0.15, -0.1) is 0 Å². The lowest BCUT2D eigenvalue weighted by molar-refractivity contribution is -0.181. The van der Waals surface area contributed by atoms with Crippen molar-refractivity contribution in [1.29, 1.82) is 0 Å². The molecule has 0 aromatic carbocycles. The Hall–Kier alpha value is -0.870. The lowest BCUT2D eigenvalue weighted by Gasteiger charge is -2.07. The average molecular weight is 237 g/mol. The summed E-state index contributed by atoms with van der Waals surface area (Å²) in [5.41, 5.74) is 0. The quantitative estimate of drug-likeness (QED) is 0.628. The molecule has 0 atom stereocenters. The van der Waals surface area contributed by atoms with Crippen molar-refractivity contribution in [2.24, 2.45) is 0 Å². The number of nitrogens with one attached hydrogen (secondary N) is 1. The van der Waals surface area contributed by atoms with E-state index in [1.54, 1.807) is 0 Å². The van der Waals surface area contributed by atoms with Crippen LogP contribution in [-0.4, -0.2) is 38.0 Å². The van der Waals surface area contributed by atoms with Gasteiger partial charge in [0.25, 0.3) is 0 Å². The van der Waals surface area contributed by atoms with E-state index in [0.29, 0.717) is 0 Å². The lowest BCUT2D eigenvalue weighted by Crippen LogP contribution is -2.33. The summed E-state index contributed by atoms with van der Waals surface area (Å²) in [7, 11) is -4.38. The van der Waals surface area contributed by atoms with E-state index in [1.165, 1.54) is 0 Å². The third-order valence-corrected chi connectivity index (χ3v) is 1.73. The Morgan fingerprint density at radius 2 is 1.93 bits per heavy atom. The van der Waals surface area contributed by atoms with Crippen LogP contribution in [0.5, 0.6) is 0 Å². The standard InChI is InChI=1S/C4H6F3NO5S/c5-4(6,7)2-13-8-14(11,12)1-3(9)10/h8H,1-2H2,(H,9,10). The van der Waals surface area contributed by atoms with Crippen LogP contribution in [0.15, 0.2) is 0 Å². The zero-order valence-corrected chi connectivity index (χ0v) is 7.35. The monoisotopic (exact) mass is 237 g/mol. The molecule has 0 fully saturated rings. The topological polar surface area (TPSA) is 92.7 Å². The van der Waals surface area contributed by atoms with Crippen LogP contribution in [0.2, 0.25) is 0 Å². The van der Waals surface area contributed by atoms with Crippen LogP contribution in [-0.2, 0) is 19.7 Å². The molecule has 0 unspecified atom stereocenters. The second-order valence-corrected chi connectivity index (χ2v) is 3.82. The second-order valence-electron chi connectivity index (χ2n) is 2.14. The molecular weight excluding hydrogens is 231 g/mol. The van der Waals surface area contributed by atoms with Gasteiger partial charge in [0.05, 0.1) is 0 Å². The van der Waals surface area contributed by atoms with Crippen LogP contribution < -0.4 is 4.89 Å². The summed E-state index contributed by atoms with van der Waals surface area (Å²) in [5, 5.41) is 8.01. The molecular formula is C4H6F3NO5S. The molecule has 0 bridgehead atoms. The Morgan fingerprint density at radius 1 is 1.43 bits per heavy atom. The number of aliphatic carboxylic acids is 1. The molecule has 0 heterocycles. The van der Waals surface area contributed by atoms with Crippen molar-refractivity contribution in [3.05, 3.63) is 0 Å². The molecule has 6 nitrogen and oxygen atoms in total. The Balaban J connectivity index is 3.96. The minimum atomic E-state index is -4.69. The van der Waals surface area contributed by atoms with E-state index in [1.807, 2.05) is 0 Å². The van der Waals surface area contributed by atoms with Gasteiger partial charge in [-0.25, -0.2) is 8.42 Å². The van der Waals surface area contributed by atoms with Gasteiger partial charge in [-0.1, -0.05) is 4.89 Å². The van der Waals surface area contributed by atoms with Gasteiger partial charge in [0, 0.05) is 0 Å². The highest BCUT2D eigenvalue weighted by Gasteiger charge is 2.29. The average Bonchev–Trinajstić information content (AvgIpc) is 1.78. The van der Waals surface area contributed by atoms with Crippen molar-refractivity contribution in [1.82, 2.24) is 4.89 Å². The number of carboxylic acid groups (broad SMARTS) is 1. The zero-order chi connectivity index (χ0) is 11.4. The molecule has 0 spiro atoms. The molecule has 10 heteroatoms. The molecule has 0 amide bonds. The highest BCUT2D eigenvalue weighted by atomic mass is 32.2. The number of carbonyl (C=O) groups is 1. The number of rotatable bonds is 5. The Labute approximate surface area is 76.7 Å². The van der Waals surface area contributed by atoms with Gasteiger partial charge in [-0.2, -0.15) is 13.2 Å². The van der Waals surface area contributed by atoms with Crippen molar-refractivity contribution in [2.45, 2.75) is 6.18 Å². The summed E-state index contributed by atoms with van der Waals surface area (Å²) < 4.78 is 55.3. The molecule has 0 aliphatic rings. The molecule has 0 aliphatic carbocycles. The smallest absolute Gasteiger partial charge is 0.413 e. The molecule has 0 rings (SSSR count). The molecule has 0 aromatic rings. The van der Waals surface area contributed by atoms with Crippen LogP contribution in [0.3, 0.4) is 0 Å². The fourth-order valence-corrected chi connectivity index (χ4v) is 1.02. The van der Waals surface area contributed by atoms with Gasteiger partial charge >= 0.3 is 12.1 Å². The minimum Gasteiger partial charge on any atom is -0.480 e. The predicted octanol–water partition coefficient (Wildman–Crippen LogP) is -0.516. The third kappa shape index (κ3) is 7.76. The van der Waals surface area contributed by atoms with Crippen molar-refractivity contribution < 1.29 is 36.3 Å². The maximum Gasteiger partial charge on any atom is 0.413 e. The summed E-state index contributed by atoms with van der Waals surface area (Å²) >= 11 is 0. The van der Waals surface area contributed by atoms with E-state index in [4.69, 9.17) is 5.11 Å². The highest BCUT2D eigenvalue weighted by Crippen LogP contribution is 2.13. The minimum absolute atomic E-state index is 1.02. The second kappa shape index (κ2) is 4.57. The van der Waals surface area contributed by atoms with E-state index < -0.39 is 34.5 Å². The van der Waals surface area contributed by atoms with Crippen molar-refractivity contribution in [3.63, 3.8) is 0 Å². The van der Waals surface area contributed by atoms with Crippen LogP contribution in [0.1, 0.15) is 0 Å². The first kappa shape index (κ1) is 13.1. The van der Waals surface area contributed by atoms with Gasteiger partial charge in [-0.3, -0.25) is 9.63 Å². The number of carboxylic acids is 1. The van der Waals surface area contributed by atoms with Crippen LogP contribution in [0.25, 0.3) is 0 Å². The Morgan fingerprint density at radius 3 is 2.29 bits per heavy atom. The number of sulfonamides is 1. The van der Waals surface area contributed by atoms with Crippen molar-refractivity contribution in [2.75, 3.05) is 12.4 Å². The maximum absolute atomic E-state index is 11.4. The molecule has 0 saturated heterocycles. The lowest BCUT2D eigenvalue weighted by atomic mass is 10.7. The first-order chi connectivity index (χ1) is 6.12. The first-order valence-electron chi connectivity index (χ1n) is 3.02.